The van der Waals surface area contributed by atoms with Gasteiger partial charge in [0.05, 0.1) is 12.8 Å². The average molecular weight is 218 g/mol. The van der Waals surface area contributed by atoms with Crippen LogP contribution < -0.4 is 0 Å². The van der Waals surface area contributed by atoms with E-state index in [1.165, 1.54) is 7.11 Å². The van der Waals surface area contributed by atoms with Gasteiger partial charge in [0.1, 0.15) is 5.56 Å². The largest absolute Gasteiger partial charge is 0.465 e. The van der Waals surface area contributed by atoms with E-state index in [2.05, 4.69) is 11.9 Å². The molecule has 4 nitrogen and oxygen atoms in total. The molecule has 0 saturated carbocycles. The molecule has 0 spiro atoms. The zero-order chi connectivity index (χ0) is 11.5. The van der Waals surface area contributed by atoms with E-state index in [-0.39, 0.29) is 5.97 Å². The summed E-state index contributed by atoms with van der Waals surface area (Å²) in [5.41, 5.74) is 2.17. The number of carbonyl (C=O) groups excluding carboxylic acids is 1. The Bertz CT molecular complexity index is 517. The van der Waals surface area contributed by atoms with Gasteiger partial charge >= 0.3 is 5.97 Å². The van der Waals surface area contributed by atoms with E-state index in [4.69, 9.17) is 4.74 Å². The number of hydrogen-bond acceptors (Lipinski definition) is 3. The van der Waals surface area contributed by atoms with Crippen LogP contribution in [0.5, 0.6) is 0 Å². The highest BCUT2D eigenvalue weighted by molar-refractivity contribution is 5.95. The first kappa shape index (κ1) is 10.7. The highest BCUT2D eigenvalue weighted by atomic mass is 16.5. The molecule has 0 aliphatic heterocycles. The van der Waals surface area contributed by atoms with Crippen LogP contribution >= 0.6 is 0 Å². The van der Waals surface area contributed by atoms with E-state index in [1.54, 1.807) is 6.07 Å². The van der Waals surface area contributed by atoms with Gasteiger partial charge in [0, 0.05) is 12.4 Å². The van der Waals surface area contributed by atoms with Crippen LogP contribution in [0.3, 0.4) is 0 Å². The first-order valence-electron chi connectivity index (χ1n) is 5.31. The third-order valence-electron chi connectivity index (χ3n) is 2.44. The summed E-state index contributed by atoms with van der Waals surface area (Å²) in [4.78, 5) is 16.0. The second-order valence-electron chi connectivity index (χ2n) is 3.63. The molecule has 16 heavy (non-hydrogen) atoms. The van der Waals surface area contributed by atoms with Gasteiger partial charge in [0.25, 0.3) is 0 Å². The number of nitrogens with zero attached hydrogens (tertiary/aromatic N) is 2. The van der Waals surface area contributed by atoms with E-state index in [0.29, 0.717) is 11.2 Å². The van der Waals surface area contributed by atoms with Crippen LogP contribution in [0.4, 0.5) is 0 Å². The monoisotopic (exact) mass is 218 g/mol. The Morgan fingerprint density at radius 2 is 2.38 bits per heavy atom. The zero-order valence-corrected chi connectivity index (χ0v) is 9.43. The molecule has 0 aliphatic rings. The molecule has 0 aliphatic carbocycles. The zero-order valence-electron chi connectivity index (χ0n) is 9.43. The number of pyridine rings is 1. The maximum atomic E-state index is 11.5. The fraction of sp³-hybridized carbons (Fsp3) is 0.333. The fourth-order valence-corrected chi connectivity index (χ4v) is 1.71. The van der Waals surface area contributed by atoms with Crippen LogP contribution in [0.25, 0.3) is 5.65 Å². The van der Waals surface area contributed by atoms with E-state index >= 15 is 0 Å². The number of fused-ring (bicyclic) bond motifs is 1. The minimum atomic E-state index is -0.348. The minimum absolute atomic E-state index is 0.348. The van der Waals surface area contributed by atoms with E-state index in [9.17, 15) is 4.79 Å². The second kappa shape index (κ2) is 4.35. The van der Waals surface area contributed by atoms with Crippen molar-refractivity contribution in [2.75, 3.05) is 7.11 Å². The van der Waals surface area contributed by atoms with Crippen molar-refractivity contribution in [2.45, 2.75) is 19.8 Å². The molecule has 0 aromatic carbocycles. The Morgan fingerprint density at radius 1 is 1.56 bits per heavy atom. The lowest BCUT2D eigenvalue weighted by Crippen LogP contribution is -2.03. The van der Waals surface area contributed by atoms with Crippen LogP contribution in [0.15, 0.2) is 24.5 Å². The van der Waals surface area contributed by atoms with Gasteiger partial charge in [0.2, 0.25) is 0 Å². The van der Waals surface area contributed by atoms with Crippen molar-refractivity contribution in [3.8, 4) is 0 Å². The van der Waals surface area contributed by atoms with Crippen LogP contribution in [0.1, 0.15) is 29.4 Å². The lowest BCUT2D eigenvalue weighted by Gasteiger charge is -2.00. The Balaban J connectivity index is 2.54. The first-order chi connectivity index (χ1) is 7.76. The summed E-state index contributed by atoms with van der Waals surface area (Å²) in [7, 11) is 1.38. The quantitative estimate of drug-likeness (QED) is 0.741. The number of aromatic nitrogens is 2. The van der Waals surface area contributed by atoms with Gasteiger partial charge in [0.15, 0.2) is 5.65 Å². The molecule has 2 aromatic rings. The van der Waals surface area contributed by atoms with Gasteiger partial charge in [-0.25, -0.2) is 9.78 Å². The SMILES string of the molecule is CCCc1cn2cccc(C(=O)OC)c2n1. The molecule has 0 amide bonds. The van der Waals surface area contributed by atoms with E-state index < -0.39 is 0 Å². The molecular formula is C12H14N2O2. The van der Waals surface area contributed by atoms with Crippen LogP contribution in [0.2, 0.25) is 0 Å². The van der Waals surface area contributed by atoms with Crippen molar-refractivity contribution in [1.82, 2.24) is 9.38 Å². The molecule has 0 radical (unpaired) electrons. The van der Waals surface area contributed by atoms with Crippen molar-refractivity contribution in [3.05, 3.63) is 35.8 Å². The number of ether oxygens (including phenoxy) is 1. The van der Waals surface area contributed by atoms with Crippen LogP contribution in [-0.4, -0.2) is 22.5 Å². The molecule has 4 heteroatoms. The minimum Gasteiger partial charge on any atom is -0.465 e. The van der Waals surface area contributed by atoms with Crippen molar-refractivity contribution < 1.29 is 9.53 Å². The summed E-state index contributed by atoms with van der Waals surface area (Å²) in [5.74, 6) is -0.348. The molecule has 0 unspecified atom stereocenters. The summed E-state index contributed by atoms with van der Waals surface area (Å²) in [6, 6.07) is 3.54. The van der Waals surface area contributed by atoms with E-state index in [0.717, 1.165) is 18.5 Å². The number of rotatable bonds is 3. The van der Waals surface area contributed by atoms with Gasteiger partial charge in [-0.2, -0.15) is 0 Å². The van der Waals surface area contributed by atoms with Crippen molar-refractivity contribution in [1.29, 1.82) is 0 Å². The number of esters is 1. The van der Waals surface area contributed by atoms with Crippen LogP contribution in [-0.2, 0) is 11.2 Å². The van der Waals surface area contributed by atoms with Crippen molar-refractivity contribution in [2.24, 2.45) is 0 Å². The number of carbonyl (C=O) groups is 1. The molecule has 84 valence electrons. The number of hydrogen-bond donors (Lipinski definition) is 0. The standard InChI is InChI=1S/C12H14N2O2/c1-3-5-9-8-14-7-4-6-10(11(14)13-9)12(15)16-2/h4,6-8H,3,5H2,1-2H3. The highest BCUT2D eigenvalue weighted by Gasteiger charge is 2.12. The maximum Gasteiger partial charge on any atom is 0.341 e. The number of imidazole rings is 1. The summed E-state index contributed by atoms with van der Waals surface area (Å²) in [5, 5.41) is 0. The van der Waals surface area contributed by atoms with Gasteiger partial charge in [-0.15, -0.1) is 0 Å². The summed E-state index contributed by atoms with van der Waals surface area (Å²) in [6.07, 6.45) is 5.79. The van der Waals surface area contributed by atoms with Crippen molar-refractivity contribution in [3.63, 3.8) is 0 Å². The number of aryl methyl sites for hydroxylation is 1. The van der Waals surface area contributed by atoms with Crippen molar-refractivity contribution >= 4 is 11.6 Å². The summed E-state index contributed by atoms with van der Waals surface area (Å²) in [6.45, 7) is 2.10. The Labute approximate surface area is 93.9 Å². The maximum absolute atomic E-state index is 11.5. The average Bonchev–Trinajstić information content (AvgIpc) is 2.70. The third kappa shape index (κ3) is 1.78. The summed E-state index contributed by atoms with van der Waals surface area (Å²) < 4.78 is 6.58. The Hall–Kier alpha value is -1.84. The molecule has 2 rings (SSSR count). The predicted molar refractivity (Wildman–Crippen MR) is 60.5 cm³/mol. The molecule has 0 atom stereocenters. The molecule has 2 aromatic heterocycles. The second-order valence-corrected chi connectivity index (χ2v) is 3.63. The topological polar surface area (TPSA) is 43.6 Å². The molecule has 0 saturated heterocycles. The third-order valence-corrected chi connectivity index (χ3v) is 2.44. The van der Waals surface area contributed by atoms with E-state index in [1.807, 2.05) is 22.9 Å². The normalized spacial score (nSPS) is 10.6. The van der Waals surface area contributed by atoms with Gasteiger partial charge in [-0.05, 0) is 18.6 Å². The smallest absolute Gasteiger partial charge is 0.341 e. The van der Waals surface area contributed by atoms with Gasteiger partial charge < -0.3 is 9.14 Å². The lowest BCUT2D eigenvalue weighted by molar-refractivity contribution is 0.0602. The predicted octanol–water partition coefficient (Wildman–Crippen LogP) is 2.07. The van der Waals surface area contributed by atoms with Gasteiger partial charge in [-0.3, -0.25) is 0 Å². The molecule has 0 fully saturated rings. The lowest BCUT2D eigenvalue weighted by atomic mass is 10.3. The molecular weight excluding hydrogens is 204 g/mol. The molecule has 0 bridgehead atoms. The summed E-state index contributed by atoms with van der Waals surface area (Å²) >= 11 is 0. The Morgan fingerprint density at radius 3 is 3.06 bits per heavy atom. The fourth-order valence-electron chi connectivity index (χ4n) is 1.71. The highest BCUT2D eigenvalue weighted by Crippen LogP contribution is 2.13. The van der Waals surface area contributed by atoms with Crippen LogP contribution in [0, 0.1) is 0 Å². The number of methoxy groups -OCH3 is 1. The first-order valence-corrected chi connectivity index (χ1v) is 5.31. The Kier molecular flexibility index (Phi) is 2.90. The molecule has 2 heterocycles. The molecule has 0 N–H and O–H groups in total. The van der Waals surface area contributed by atoms with Gasteiger partial charge in [-0.1, -0.05) is 13.3 Å².